The van der Waals surface area contributed by atoms with E-state index in [1.165, 1.54) is 29.1 Å². The standard InChI is InChI=1S/C11H13N5O3S/c1-6-8(3)20-11(12-6)13-10(17)5-15-4-9(16(18)19)7(2)14-15/h4H,5H2,1-3H3,(H,12,13,17). The number of hydrogen-bond donors (Lipinski definition) is 1. The summed E-state index contributed by atoms with van der Waals surface area (Å²) in [6.45, 7) is 5.22. The second kappa shape index (κ2) is 5.37. The van der Waals surface area contributed by atoms with Crippen LogP contribution in [0.15, 0.2) is 6.20 Å². The van der Waals surface area contributed by atoms with Gasteiger partial charge in [0.15, 0.2) is 5.13 Å². The molecule has 8 nitrogen and oxygen atoms in total. The highest BCUT2D eigenvalue weighted by Gasteiger charge is 2.17. The normalized spacial score (nSPS) is 10.6. The van der Waals surface area contributed by atoms with Crippen LogP contribution in [0.1, 0.15) is 16.3 Å². The summed E-state index contributed by atoms with van der Waals surface area (Å²) in [4.78, 5) is 27.2. The van der Waals surface area contributed by atoms with Gasteiger partial charge in [0.25, 0.3) is 0 Å². The number of thiazole rings is 1. The third-order valence-electron chi connectivity index (χ3n) is 2.70. The fraction of sp³-hybridized carbons (Fsp3) is 0.364. The maximum absolute atomic E-state index is 11.8. The Balaban J connectivity index is 2.04. The van der Waals surface area contributed by atoms with Crippen LogP contribution in [0.4, 0.5) is 10.8 Å². The molecule has 0 aromatic carbocycles. The van der Waals surface area contributed by atoms with Crippen LogP contribution in [-0.4, -0.2) is 25.6 Å². The Morgan fingerprint density at radius 2 is 2.15 bits per heavy atom. The molecule has 0 radical (unpaired) electrons. The van der Waals surface area contributed by atoms with Gasteiger partial charge < -0.3 is 5.32 Å². The number of amides is 1. The van der Waals surface area contributed by atoms with Gasteiger partial charge in [-0.3, -0.25) is 19.6 Å². The van der Waals surface area contributed by atoms with E-state index in [1.54, 1.807) is 0 Å². The first-order valence-corrected chi connectivity index (χ1v) is 6.61. The van der Waals surface area contributed by atoms with Gasteiger partial charge in [0.1, 0.15) is 18.4 Å². The Morgan fingerprint density at radius 3 is 2.65 bits per heavy atom. The molecule has 106 valence electrons. The van der Waals surface area contributed by atoms with Crippen molar-refractivity contribution in [3.8, 4) is 0 Å². The molecule has 2 rings (SSSR count). The second-order valence-electron chi connectivity index (χ2n) is 4.26. The van der Waals surface area contributed by atoms with Gasteiger partial charge in [0.05, 0.1) is 10.6 Å². The van der Waals surface area contributed by atoms with Gasteiger partial charge in [0.2, 0.25) is 5.91 Å². The molecule has 9 heteroatoms. The van der Waals surface area contributed by atoms with Gasteiger partial charge >= 0.3 is 5.69 Å². The Kier molecular flexibility index (Phi) is 3.79. The average Bonchev–Trinajstić information content (AvgIpc) is 2.83. The molecule has 0 fully saturated rings. The van der Waals surface area contributed by atoms with Crippen LogP contribution in [0.5, 0.6) is 0 Å². The third kappa shape index (κ3) is 2.99. The highest BCUT2D eigenvalue weighted by molar-refractivity contribution is 7.15. The number of nitrogens with zero attached hydrogens (tertiary/aromatic N) is 4. The van der Waals surface area contributed by atoms with Crippen LogP contribution in [0.2, 0.25) is 0 Å². The first kappa shape index (κ1) is 14.1. The second-order valence-corrected chi connectivity index (χ2v) is 5.47. The molecule has 0 aliphatic rings. The molecular formula is C11H13N5O3S. The Hall–Kier alpha value is -2.29. The molecule has 20 heavy (non-hydrogen) atoms. The molecule has 0 bridgehead atoms. The molecule has 1 amide bonds. The van der Waals surface area contributed by atoms with E-state index in [9.17, 15) is 14.9 Å². The van der Waals surface area contributed by atoms with Crippen molar-refractivity contribution in [3.63, 3.8) is 0 Å². The monoisotopic (exact) mass is 295 g/mol. The number of hydrogen-bond acceptors (Lipinski definition) is 6. The predicted molar refractivity (Wildman–Crippen MR) is 73.8 cm³/mol. The lowest BCUT2D eigenvalue weighted by Crippen LogP contribution is -2.19. The minimum atomic E-state index is -0.524. The van der Waals surface area contributed by atoms with Crippen molar-refractivity contribution in [1.82, 2.24) is 14.8 Å². The van der Waals surface area contributed by atoms with Gasteiger partial charge in [-0.05, 0) is 20.8 Å². The van der Waals surface area contributed by atoms with E-state index < -0.39 is 4.92 Å². The maximum Gasteiger partial charge on any atom is 0.309 e. The first-order valence-electron chi connectivity index (χ1n) is 5.79. The number of nitrogens with one attached hydrogen (secondary N) is 1. The zero-order chi connectivity index (χ0) is 14.9. The number of aromatic nitrogens is 3. The zero-order valence-corrected chi connectivity index (χ0v) is 12.0. The van der Waals surface area contributed by atoms with Crippen LogP contribution in [0.3, 0.4) is 0 Å². The quantitative estimate of drug-likeness (QED) is 0.684. The smallest absolute Gasteiger partial charge is 0.300 e. The average molecular weight is 295 g/mol. The summed E-state index contributed by atoms with van der Waals surface area (Å²) in [6.07, 6.45) is 1.24. The third-order valence-corrected chi connectivity index (χ3v) is 3.69. The van der Waals surface area contributed by atoms with Gasteiger partial charge in [-0.2, -0.15) is 5.10 Å². The summed E-state index contributed by atoms with van der Waals surface area (Å²) in [7, 11) is 0. The molecule has 0 aliphatic carbocycles. The highest BCUT2D eigenvalue weighted by Crippen LogP contribution is 2.21. The van der Waals surface area contributed by atoms with Crippen molar-refractivity contribution in [3.05, 3.63) is 32.6 Å². The van der Waals surface area contributed by atoms with Crippen LogP contribution < -0.4 is 5.32 Å². The maximum atomic E-state index is 11.8. The molecule has 1 N–H and O–H groups in total. The SMILES string of the molecule is Cc1nn(CC(=O)Nc2nc(C)c(C)s2)cc1[N+](=O)[O-]. The van der Waals surface area contributed by atoms with E-state index in [-0.39, 0.29) is 23.8 Å². The lowest BCUT2D eigenvalue weighted by Gasteiger charge is -2.01. The lowest BCUT2D eigenvalue weighted by molar-refractivity contribution is -0.385. The van der Waals surface area contributed by atoms with Crippen molar-refractivity contribution in [2.24, 2.45) is 0 Å². The van der Waals surface area contributed by atoms with Crippen molar-refractivity contribution < 1.29 is 9.72 Å². The molecule has 2 heterocycles. The molecule has 0 aliphatic heterocycles. The summed E-state index contributed by atoms with van der Waals surface area (Å²) >= 11 is 1.39. The number of nitro groups is 1. The first-order chi connectivity index (χ1) is 9.36. The van der Waals surface area contributed by atoms with Gasteiger partial charge in [-0.15, -0.1) is 11.3 Å². The van der Waals surface area contributed by atoms with E-state index in [1.807, 2.05) is 13.8 Å². The van der Waals surface area contributed by atoms with Crippen LogP contribution >= 0.6 is 11.3 Å². The Morgan fingerprint density at radius 1 is 1.45 bits per heavy atom. The largest absolute Gasteiger partial charge is 0.309 e. The predicted octanol–water partition coefficient (Wildman–Crippen LogP) is 1.81. The summed E-state index contributed by atoms with van der Waals surface area (Å²) < 4.78 is 1.25. The molecule has 0 saturated carbocycles. The lowest BCUT2D eigenvalue weighted by atomic mass is 10.4. The molecule has 0 atom stereocenters. The fourth-order valence-corrected chi connectivity index (χ4v) is 2.43. The summed E-state index contributed by atoms with van der Waals surface area (Å²) in [5, 5.41) is 17.8. The molecule has 2 aromatic heterocycles. The van der Waals surface area contributed by atoms with Crippen molar-refractivity contribution >= 4 is 28.1 Å². The summed E-state index contributed by atoms with van der Waals surface area (Å²) in [5.41, 5.74) is 1.05. The van der Waals surface area contributed by atoms with Crippen LogP contribution in [-0.2, 0) is 11.3 Å². The molecular weight excluding hydrogens is 282 g/mol. The van der Waals surface area contributed by atoms with Crippen LogP contribution in [0.25, 0.3) is 0 Å². The number of carbonyl (C=O) groups excluding carboxylic acids is 1. The van der Waals surface area contributed by atoms with E-state index in [0.29, 0.717) is 5.13 Å². The van der Waals surface area contributed by atoms with E-state index in [4.69, 9.17) is 0 Å². The number of carbonyl (C=O) groups is 1. The fourth-order valence-electron chi connectivity index (χ4n) is 1.60. The van der Waals surface area contributed by atoms with E-state index in [0.717, 1.165) is 10.6 Å². The minimum Gasteiger partial charge on any atom is -0.300 e. The molecule has 0 saturated heterocycles. The summed E-state index contributed by atoms with van der Waals surface area (Å²) in [6, 6.07) is 0. The minimum absolute atomic E-state index is 0.0909. The van der Waals surface area contributed by atoms with Crippen molar-refractivity contribution in [2.45, 2.75) is 27.3 Å². The van der Waals surface area contributed by atoms with Gasteiger partial charge in [0, 0.05) is 4.88 Å². The summed E-state index contributed by atoms with van der Waals surface area (Å²) in [5.74, 6) is -0.323. The van der Waals surface area contributed by atoms with Gasteiger partial charge in [-0.25, -0.2) is 4.98 Å². The van der Waals surface area contributed by atoms with Crippen molar-refractivity contribution in [1.29, 1.82) is 0 Å². The zero-order valence-electron chi connectivity index (χ0n) is 11.2. The number of anilines is 1. The van der Waals surface area contributed by atoms with Gasteiger partial charge in [-0.1, -0.05) is 0 Å². The number of aryl methyl sites for hydroxylation is 3. The molecule has 2 aromatic rings. The van der Waals surface area contributed by atoms with Crippen molar-refractivity contribution in [2.75, 3.05) is 5.32 Å². The van der Waals surface area contributed by atoms with E-state index in [2.05, 4.69) is 15.4 Å². The topological polar surface area (TPSA) is 103 Å². The highest BCUT2D eigenvalue weighted by atomic mass is 32.1. The number of rotatable bonds is 4. The Bertz CT molecular complexity index is 656. The van der Waals surface area contributed by atoms with Crippen LogP contribution in [0, 0.1) is 30.9 Å². The molecule has 0 unspecified atom stereocenters. The van der Waals surface area contributed by atoms with E-state index >= 15 is 0 Å². The molecule has 0 spiro atoms. The Labute approximate surface area is 118 Å².